The van der Waals surface area contributed by atoms with E-state index in [1.165, 1.54) is 0 Å². The van der Waals surface area contributed by atoms with Gasteiger partial charge in [0.1, 0.15) is 6.61 Å². The van der Waals surface area contributed by atoms with Gasteiger partial charge in [0.2, 0.25) is 0 Å². The van der Waals surface area contributed by atoms with Gasteiger partial charge in [0, 0.05) is 13.2 Å². The number of carbonyl (C=O) groups is 1. The molecule has 0 aliphatic carbocycles. The Morgan fingerprint density at radius 2 is 2.17 bits per heavy atom. The van der Waals surface area contributed by atoms with Crippen molar-refractivity contribution in [2.75, 3.05) is 26.4 Å². The van der Waals surface area contributed by atoms with E-state index >= 15 is 0 Å². The lowest BCUT2D eigenvalue weighted by Gasteiger charge is -2.21. The maximum absolute atomic E-state index is 10.5. The van der Waals surface area contributed by atoms with Crippen molar-refractivity contribution in [2.24, 2.45) is 5.92 Å². The smallest absolute Gasteiger partial charge is 0.155 e. The monoisotopic (exact) mass is 172 g/mol. The molecule has 0 atom stereocenters. The number of carbonyl (C=O) groups excluding carboxylic acids is 1. The molecule has 1 rings (SSSR count). The third-order valence-corrected chi connectivity index (χ3v) is 2.00. The first-order valence-corrected chi connectivity index (χ1v) is 4.44. The summed E-state index contributed by atoms with van der Waals surface area (Å²) in [6, 6.07) is 0. The SMILES string of the molecule is CC(=O)COCC1CCOCC1. The minimum atomic E-state index is 0.0991. The van der Waals surface area contributed by atoms with Crippen LogP contribution in [-0.2, 0) is 14.3 Å². The third-order valence-electron chi connectivity index (χ3n) is 2.00. The van der Waals surface area contributed by atoms with Crippen molar-refractivity contribution in [2.45, 2.75) is 19.8 Å². The molecule has 0 spiro atoms. The second-order valence-corrected chi connectivity index (χ2v) is 3.27. The Balaban J connectivity index is 2.01. The molecule has 0 unspecified atom stereocenters. The molecular weight excluding hydrogens is 156 g/mol. The van der Waals surface area contributed by atoms with Gasteiger partial charge in [-0.2, -0.15) is 0 Å². The molecule has 0 bridgehead atoms. The van der Waals surface area contributed by atoms with Crippen LogP contribution in [0.2, 0.25) is 0 Å². The molecule has 70 valence electrons. The van der Waals surface area contributed by atoms with E-state index in [0.29, 0.717) is 12.5 Å². The average Bonchev–Trinajstić information content (AvgIpc) is 2.05. The largest absolute Gasteiger partial charge is 0.381 e. The van der Waals surface area contributed by atoms with Crippen molar-refractivity contribution in [1.82, 2.24) is 0 Å². The molecule has 1 aliphatic rings. The van der Waals surface area contributed by atoms with Crippen molar-refractivity contribution in [3.63, 3.8) is 0 Å². The lowest BCUT2D eigenvalue weighted by molar-refractivity contribution is -0.122. The van der Waals surface area contributed by atoms with Crippen molar-refractivity contribution < 1.29 is 14.3 Å². The number of ether oxygens (including phenoxy) is 2. The Morgan fingerprint density at radius 1 is 1.50 bits per heavy atom. The molecule has 0 aromatic carbocycles. The van der Waals surface area contributed by atoms with Crippen LogP contribution in [0.5, 0.6) is 0 Å². The number of hydrogen-bond donors (Lipinski definition) is 0. The molecule has 3 nitrogen and oxygen atoms in total. The van der Waals surface area contributed by atoms with Crippen LogP contribution in [0, 0.1) is 5.92 Å². The van der Waals surface area contributed by atoms with E-state index in [9.17, 15) is 4.79 Å². The zero-order valence-corrected chi connectivity index (χ0v) is 7.54. The van der Waals surface area contributed by atoms with Crippen LogP contribution in [0.3, 0.4) is 0 Å². The second kappa shape index (κ2) is 5.27. The Hall–Kier alpha value is -0.410. The van der Waals surface area contributed by atoms with Crippen LogP contribution < -0.4 is 0 Å². The number of rotatable bonds is 4. The lowest BCUT2D eigenvalue weighted by Crippen LogP contribution is -2.21. The minimum Gasteiger partial charge on any atom is -0.381 e. The Labute approximate surface area is 73.0 Å². The zero-order chi connectivity index (χ0) is 8.81. The van der Waals surface area contributed by atoms with E-state index in [1.54, 1.807) is 6.92 Å². The normalized spacial score (nSPS) is 19.4. The summed E-state index contributed by atoms with van der Waals surface area (Å²) in [5, 5.41) is 0. The fourth-order valence-electron chi connectivity index (χ4n) is 1.28. The van der Waals surface area contributed by atoms with E-state index in [0.717, 1.165) is 26.1 Å². The van der Waals surface area contributed by atoms with Gasteiger partial charge < -0.3 is 9.47 Å². The van der Waals surface area contributed by atoms with Gasteiger partial charge in [-0.15, -0.1) is 0 Å². The fraction of sp³-hybridized carbons (Fsp3) is 0.889. The Morgan fingerprint density at radius 3 is 2.75 bits per heavy atom. The Bertz CT molecular complexity index is 139. The van der Waals surface area contributed by atoms with Crippen molar-refractivity contribution >= 4 is 5.78 Å². The maximum Gasteiger partial charge on any atom is 0.155 e. The molecule has 0 amide bonds. The molecule has 0 aromatic heterocycles. The first kappa shape index (κ1) is 9.68. The van der Waals surface area contributed by atoms with Gasteiger partial charge in [0.05, 0.1) is 6.61 Å². The summed E-state index contributed by atoms with van der Waals surface area (Å²) in [6.45, 7) is 4.20. The van der Waals surface area contributed by atoms with Gasteiger partial charge in [0.15, 0.2) is 5.78 Å². The van der Waals surface area contributed by atoms with Crippen LogP contribution in [0.4, 0.5) is 0 Å². The molecule has 12 heavy (non-hydrogen) atoms. The maximum atomic E-state index is 10.5. The van der Waals surface area contributed by atoms with Gasteiger partial charge in [0.25, 0.3) is 0 Å². The predicted molar refractivity (Wildman–Crippen MR) is 45.0 cm³/mol. The van der Waals surface area contributed by atoms with E-state index in [-0.39, 0.29) is 12.4 Å². The van der Waals surface area contributed by atoms with Crippen molar-refractivity contribution in [1.29, 1.82) is 0 Å². The highest BCUT2D eigenvalue weighted by atomic mass is 16.5. The summed E-state index contributed by atoms with van der Waals surface area (Å²) in [6.07, 6.45) is 2.13. The van der Waals surface area contributed by atoms with Gasteiger partial charge in [-0.25, -0.2) is 0 Å². The molecule has 0 radical (unpaired) electrons. The molecule has 0 saturated carbocycles. The predicted octanol–water partition coefficient (Wildman–Crippen LogP) is 1.02. The summed E-state index contributed by atoms with van der Waals surface area (Å²) in [7, 11) is 0. The second-order valence-electron chi connectivity index (χ2n) is 3.27. The molecule has 1 fully saturated rings. The van der Waals surface area contributed by atoms with E-state index in [4.69, 9.17) is 9.47 Å². The first-order valence-electron chi connectivity index (χ1n) is 4.44. The number of Topliss-reactive ketones (excluding diaryl/α,β-unsaturated/α-hetero) is 1. The minimum absolute atomic E-state index is 0.0991. The highest BCUT2D eigenvalue weighted by Crippen LogP contribution is 2.14. The zero-order valence-electron chi connectivity index (χ0n) is 7.54. The van der Waals surface area contributed by atoms with Crippen LogP contribution in [0.1, 0.15) is 19.8 Å². The highest BCUT2D eigenvalue weighted by molar-refractivity contribution is 5.76. The number of hydrogen-bond acceptors (Lipinski definition) is 3. The summed E-state index contributed by atoms with van der Waals surface area (Å²) >= 11 is 0. The fourth-order valence-corrected chi connectivity index (χ4v) is 1.28. The number of ketones is 1. The molecular formula is C9H16O3. The quantitative estimate of drug-likeness (QED) is 0.635. The van der Waals surface area contributed by atoms with Crippen molar-refractivity contribution in [3.8, 4) is 0 Å². The molecule has 1 aliphatic heterocycles. The van der Waals surface area contributed by atoms with Crippen LogP contribution in [-0.4, -0.2) is 32.2 Å². The Kier molecular flexibility index (Phi) is 4.25. The summed E-state index contributed by atoms with van der Waals surface area (Å²) in [5.74, 6) is 0.695. The van der Waals surface area contributed by atoms with Crippen LogP contribution >= 0.6 is 0 Å². The summed E-state index contributed by atoms with van der Waals surface area (Å²) in [5.41, 5.74) is 0. The summed E-state index contributed by atoms with van der Waals surface area (Å²) < 4.78 is 10.4. The van der Waals surface area contributed by atoms with E-state index in [1.807, 2.05) is 0 Å². The molecule has 0 N–H and O–H groups in total. The molecule has 0 aromatic rings. The van der Waals surface area contributed by atoms with E-state index in [2.05, 4.69) is 0 Å². The molecule has 1 heterocycles. The van der Waals surface area contributed by atoms with Crippen molar-refractivity contribution in [3.05, 3.63) is 0 Å². The van der Waals surface area contributed by atoms with E-state index < -0.39 is 0 Å². The topological polar surface area (TPSA) is 35.5 Å². The molecule has 1 saturated heterocycles. The third kappa shape index (κ3) is 3.83. The summed E-state index contributed by atoms with van der Waals surface area (Å²) in [4.78, 5) is 10.5. The average molecular weight is 172 g/mol. The van der Waals surface area contributed by atoms with Gasteiger partial charge in [-0.05, 0) is 25.7 Å². The standard InChI is InChI=1S/C9H16O3/c1-8(10)6-12-7-9-2-4-11-5-3-9/h9H,2-7H2,1H3. The van der Waals surface area contributed by atoms with Crippen LogP contribution in [0.25, 0.3) is 0 Å². The highest BCUT2D eigenvalue weighted by Gasteiger charge is 2.13. The van der Waals surface area contributed by atoms with Gasteiger partial charge in [-0.1, -0.05) is 0 Å². The van der Waals surface area contributed by atoms with Gasteiger partial charge in [-0.3, -0.25) is 4.79 Å². The molecule has 3 heteroatoms. The van der Waals surface area contributed by atoms with Crippen LogP contribution in [0.15, 0.2) is 0 Å². The first-order chi connectivity index (χ1) is 5.79. The lowest BCUT2D eigenvalue weighted by atomic mass is 10.0. The van der Waals surface area contributed by atoms with Gasteiger partial charge >= 0.3 is 0 Å².